The Morgan fingerprint density at radius 3 is 2.47 bits per heavy atom. The van der Waals surface area contributed by atoms with Crippen LogP contribution in [-0.4, -0.2) is 23.2 Å². The minimum atomic E-state index is -0.933. The summed E-state index contributed by atoms with van der Waals surface area (Å²) < 4.78 is 5.14. The second-order valence-electron chi connectivity index (χ2n) is 4.46. The molecule has 0 bridgehead atoms. The molecule has 1 aliphatic heterocycles. The molecule has 0 saturated carbocycles. The highest BCUT2D eigenvalue weighted by Crippen LogP contribution is 2.22. The van der Waals surface area contributed by atoms with E-state index < -0.39 is 13.1 Å². The molecule has 0 amide bonds. The maximum Gasteiger partial charge on any atom is 0.491 e. The van der Waals surface area contributed by atoms with Crippen LogP contribution in [0.25, 0.3) is 11.1 Å². The third kappa shape index (κ3) is 2.14. The van der Waals surface area contributed by atoms with Gasteiger partial charge >= 0.3 is 13.1 Å². The standard InChI is InChI=1S/C14H11BO4/c16-14(17)10-3-1-9(2-4-10)11-5-6-13-12(7-11)8-19-15(13)18/h1-7,18H,8H2,(H,16,17). The predicted octanol–water partition coefficient (Wildman–Crippen LogP) is 1.27. The van der Waals surface area contributed by atoms with Crippen LogP contribution in [0.1, 0.15) is 15.9 Å². The summed E-state index contributed by atoms with van der Waals surface area (Å²) in [6, 6.07) is 12.4. The van der Waals surface area contributed by atoms with Crippen molar-refractivity contribution < 1.29 is 19.6 Å². The molecule has 4 nitrogen and oxygen atoms in total. The van der Waals surface area contributed by atoms with Gasteiger partial charge in [0.05, 0.1) is 12.2 Å². The number of aromatic carboxylic acids is 1. The molecule has 2 aromatic rings. The number of rotatable bonds is 2. The van der Waals surface area contributed by atoms with E-state index in [2.05, 4.69) is 0 Å². The van der Waals surface area contributed by atoms with E-state index in [1.54, 1.807) is 24.3 Å². The molecule has 1 heterocycles. The van der Waals surface area contributed by atoms with Crippen molar-refractivity contribution in [1.82, 2.24) is 0 Å². The molecule has 0 radical (unpaired) electrons. The van der Waals surface area contributed by atoms with Crippen LogP contribution in [0.15, 0.2) is 42.5 Å². The number of carboxylic acids is 1. The molecular weight excluding hydrogens is 243 g/mol. The molecule has 5 heteroatoms. The Kier molecular flexibility index (Phi) is 2.85. The van der Waals surface area contributed by atoms with Gasteiger partial charge in [0, 0.05) is 0 Å². The normalized spacial score (nSPS) is 13.4. The predicted molar refractivity (Wildman–Crippen MR) is 71.2 cm³/mol. The van der Waals surface area contributed by atoms with E-state index in [-0.39, 0.29) is 5.56 Å². The highest BCUT2D eigenvalue weighted by molar-refractivity contribution is 6.61. The first-order valence-electron chi connectivity index (χ1n) is 5.91. The second kappa shape index (κ2) is 4.53. The summed E-state index contributed by atoms with van der Waals surface area (Å²) in [6.07, 6.45) is 0. The Morgan fingerprint density at radius 1 is 1.11 bits per heavy atom. The van der Waals surface area contributed by atoms with Crippen molar-refractivity contribution in [2.45, 2.75) is 6.61 Å². The van der Waals surface area contributed by atoms with Crippen molar-refractivity contribution >= 4 is 18.6 Å². The number of carboxylic acid groups (broad SMARTS) is 1. The topological polar surface area (TPSA) is 66.8 Å². The van der Waals surface area contributed by atoms with Gasteiger partial charge in [0.1, 0.15) is 0 Å². The fraction of sp³-hybridized carbons (Fsp3) is 0.0714. The number of carbonyl (C=O) groups is 1. The summed E-state index contributed by atoms with van der Waals surface area (Å²) >= 11 is 0. The molecule has 0 aliphatic carbocycles. The Morgan fingerprint density at radius 2 is 1.79 bits per heavy atom. The Hall–Kier alpha value is -2.11. The molecule has 94 valence electrons. The molecule has 1 aliphatic rings. The van der Waals surface area contributed by atoms with Crippen LogP contribution in [0.3, 0.4) is 0 Å². The third-order valence-electron chi connectivity index (χ3n) is 3.27. The van der Waals surface area contributed by atoms with Gasteiger partial charge in [-0.1, -0.05) is 24.3 Å². The van der Waals surface area contributed by atoms with E-state index in [0.717, 1.165) is 22.2 Å². The highest BCUT2D eigenvalue weighted by Gasteiger charge is 2.27. The van der Waals surface area contributed by atoms with Crippen LogP contribution in [0, 0.1) is 0 Å². The molecule has 0 fully saturated rings. The summed E-state index contributed by atoms with van der Waals surface area (Å²) in [6.45, 7) is 0.400. The highest BCUT2D eigenvalue weighted by atomic mass is 16.5. The van der Waals surface area contributed by atoms with Gasteiger partial charge in [-0.2, -0.15) is 0 Å². The van der Waals surface area contributed by atoms with E-state index in [1.807, 2.05) is 18.2 Å². The largest absolute Gasteiger partial charge is 0.491 e. The zero-order valence-corrected chi connectivity index (χ0v) is 10.0. The van der Waals surface area contributed by atoms with Crippen LogP contribution in [-0.2, 0) is 11.3 Å². The van der Waals surface area contributed by atoms with Gasteiger partial charge in [-0.15, -0.1) is 0 Å². The summed E-state index contributed by atoms with van der Waals surface area (Å²) in [7, 11) is -0.835. The summed E-state index contributed by atoms with van der Waals surface area (Å²) in [4.78, 5) is 10.8. The summed E-state index contributed by atoms with van der Waals surface area (Å²) in [5.74, 6) is -0.933. The lowest BCUT2D eigenvalue weighted by Gasteiger charge is -2.05. The van der Waals surface area contributed by atoms with E-state index >= 15 is 0 Å². The minimum absolute atomic E-state index is 0.267. The Labute approximate surface area is 110 Å². The Bertz CT molecular complexity index is 636. The first-order valence-corrected chi connectivity index (χ1v) is 5.91. The van der Waals surface area contributed by atoms with E-state index in [9.17, 15) is 9.82 Å². The number of fused-ring (bicyclic) bond motifs is 1. The lowest BCUT2D eigenvalue weighted by atomic mass is 9.79. The second-order valence-corrected chi connectivity index (χ2v) is 4.46. The fourth-order valence-corrected chi connectivity index (χ4v) is 2.21. The van der Waals surface area contributed by atoms with Gasteiger partial charge in [0.25, 0.3) is 0 Å². The van der Waals surface area contributed by atoms with Gasteiger partial charge in [-0.3, -0.25) is 0 Å². The lowest BCUT2D eigenvalue weighted by Crippen LogP contribution is -2.27. The molecular formula is C14H11BO4. The van der Waals surface area contributed by atoms with Crippen LogP contribution in [0.5, 0.6) is 0 Å². The Balaban J connectivity index is 1.96. The molecule has 0 unspecified atom stereocenters. The van der Waals surface area contributed by atoms with E-state index in [0.29, 0.717) is 6.61 Å². The smallest absolute Gasteiger partial charge is 0.478 e. The van der Waals surface area contributed by atoms with Crippen LogP contribution in [0.2, 0.25) is 0 Å². The van der Waals surface area contributed by atoms with Crippen molar-refractivity contribution in [2.75, 3.05) is 0 Å². The van der Waals surface area contributed by atoms with Gasteiger partial charge in [-0.05, 0) is 40.4 Å². The van der Waals surface area contributed by atoms with E-state index in [1.165, 1.54) is 0 Å². The maximum absolute atomic E-state index is 10.8. The zero-order valence-electron chi connectivity index (χ0n) is 10.0. The molecule has 0 aromatic heterocycles. The van der Waals surface area contributed by atoms with Crippen molar-refractivity contribution in [3.05, 3.63) is 53.6 Å². The molecule has 0 atom stereocenters. The van der Waals surface area contributed by atoms with Crippen molar-refractivity contribution in [3.8, 4) is 11.1 Å². The quantitative estimate of drug-likeness (QED) is 0.792. The number of hydrogen-bond donors (Lipinski definition) is 2. The van der Waals surface area contributed by atoms with Crippen molar-refractivity contribution in [3.63, 3.8) is 0 Å². The van der Waals surface area contributed by atoms with Gasteiger partial charge in [-0.25, -0.2) is 4.79 Å². The molecule has 3 rings (SSSR count). The van der Waals surface area contributed by atoms with Crippen LogP contribution in [0.4, 0.5) is 0 Å². The first-order chi connectivity index (χ1) is 9.15. The van der Waals surface area contributed by atoms with Crippen LogP contribution >= 0.6 is 0 Å². The molecule has 0 saturated heterocycles. The third-order valence-corrected chi connectivity index (χ3v) is 3.27. The lowest BCUT2D eigenvalue weighted by molar-refractivity contribution is 0.0697. The number of benzene rings is 2. The van der Waals surface area contributed by atoms with Crippen molar-refractivity contribution in [2.24, 2.45) is 0 Å². The average molecular weight is 254 g/mol. The van der Waals surface area contributed by atoms with Gasteiger partial charge < -0.3 is 14.8 Å². The molecule has 19 heavy (non-hydrogen) atoms. The molecule has 2 aromatic carbocycles. The SMILES string of the molecule is O=C(O)c1ccc(-c2ccc3c(c2)COB3O)cc1. The molecule has 0 spiro atoms. The monoisotopic (exact) mass is 254 g/mol. The average Bonchev–Trinajstić information content (AvgIpc) is 2.80. The fourth-order valence-electron chi connectivity index (χ4n) is 2.21. The summed E-state index contributed by atoms with van der Waals surface area (Å²) in [5, 5.41) is 18.4. The van der Waals surface area contributed by atoms with Gasteiger partial charge in [0.15, 0.2) is 0 Å². The maximum atomic E-state index is 10.8. The van der Waals surface area contributed by atoms with E-state index in [4.69, 9.17) is 9.76 Å². The zero-order chi connectivity index (χ0) is 13.4. The van der Waals surface area contributed by atoms with Crippen LogP contribution < -0.4 is 5.46 Å². The first kappa shape index (κ1) is 12.0. The minimum Gasteiger partial charge on any atom is -0.478 e. The summed E-state index contributed by atoms with van der Waals surface area (Å²) in [5.41, 5.74) is 3.95. The van der Waals surface area contributed by atoms with Gasteiger partial charge in [0.2, 0.25) is 0 Å². The number of hydrogen-bond acceptors (Lipinski definition) is 3. The van der Waals surface area contributed by atoms with Crippen molar-refractivity contribution in [1.29, 1.82) is 0 Å². The molecule has 2 N–H and O–H groups in total.